The van der Waals surface area contributed by atoms with Gasteiger partial charge in [-0.2, -0.15) is 0 Å². The first-order chi connectivity index (χ1) is 9.83. The molecule has 0 aliphatic heterocycles. The minimum Gasteiger partial charge on any atom is -0.491 e. The second-order valence-corrected chi connectivity index (χ2v) is 5.02. The molecule has 0 atom stereocenters. The third-order valence-electron chi connectivity index (χ3n) is 2.34. The zero-order valence-corrected chi connectivity index (χ0v) is 13.7. The summed E-state index contributed by atoms with van der Waals surface area (Å²) in [6, 6.07) is 7.30. The molecule has 114 valence electrons. The van der Waals surface area contributed by atoms with Gasteiger partial charge in [-0.15, -0.1) is 0 Å². The second kappa shape index (κ2) is 12.2. The number of anilines is 1. The van der Waals surface area contributed by atoms with Gasteiger partial charge in [0.25, 0.3) is 0 Å². The van der Waals surface area contributed by atoms with Crippen molar-refractivity contribution in [1.29, 1.82) is 0 Å². The van der Waals surface area contributed by atoms with Gasteiger partial charge >= 0.3 is 0 Å². The summed E-state index contributed by atoms with van der Waals surface area (Å²) in [4.78, 5) is 0. The van der Waals surface area contributed by atoms with E-state index >= 15 is 0 Å². The Morgan fingerprint density at radius 2 is 1.25 bits per heavy atom. The van der Waals surface area contributed by atoms with Crippen LogP contribution in [0.5, 0.6) is 5.75 Å². The van der Waals surface area contributed by atoms with E-state index in [0.29, 0.717) is 39.6 Å². The largest absolute Gasteiger partial charge is 0.491 e. The number of halogens is 1. The summed E-state index contributed by atoms with van der Waals surface area (Å²) in [6.07, 6.45) is 0. The van der Waals surface area contributed by atoms with Crippen molar-refractivity contribution >= 4 is 28.3 Å². The van der Waals surface area contributed by atoms with Crippen molar-refractivity contribution in [1.82, 2.24) is 0 Å². The van der Waals surface area contributed by atoms with E-state index in [0.717, 1.165) is 22.5 Å². The zero-order valence-electron chi connectivity index (χ0n) is 11.6. The number of hydrogen-bond acceptors (Lipinski definition) is 5. The Morgan fingerprint density at radius 3 is 1.80 bits per heavy atom. The first-order valence-electron chi connectivity index (χ1n) is 6.60. The molecule has 0 amide bonds. The Morgan fingerprint density at radius 1 is 0.750 bits per heavy atom. The molecule has 1 aromatic rings. The van der Waals surface area contributed by atoms with Gasteiger partial charge in [-0.25, -0.2) is 0 Å². The van der Waals surface area contributed by atoms with E-state index in [4.69, 9.17) is 24.7 Å². The predicted octanol–water partition coefficient (Wildman–Crippen LogP) is 2.13. The lowest BCUT2D eigenvalue weighted by Gasteiger charge is -2.08. The molecule has 0 aliphatic carbocycles. The molecular formula is C14H22INO4. The van der Waals surface area contributed by atoms with Gasteiger partial charge < -0.3 is 24.7 Å². The van der Waals surface area contributed by atoms with Crippen molar-refractivity contribution in [2.45, 2.75) is 0 Å². The predicted molar refractivity (Wildman–Crippen MR) is 87.7 cm³/mol. The lowest BCUT2D eigenvalue weighted by molar-refractivity contribution is 0.0120. The fourth-order valence-electron chi connectivity index (χ4n) is 1.38. The summed E-state index contributed by atoms with van der Waals surface area (Å²) in [5.41, 5.74) is 6.31. The normalized spacial score (nSPS) is 10.7. The monoisotopic (exact) mass is 395 g/mol. The van der Waals surface area contributed by atoms with Crippen LogP contribution in [0.1, 0.15) is 0 Å². The van der Waals surface area contributed by atoms with Gasteiger partial charge in [0.2, 0.25) is 0 Å². The van der Waals surface area contributed by atoms with Gasteiger partial charge in [-0.3, -0.25) is 0 Å². The van der Waals surface area contributed by atoms with Gasteiger partial charge in [-0.05, 0) is 24.3 Å². The van der Waals surface area contributed by atoms with Crippen molar-refractivity contribution < 1.29 is 18.9 Å². The number of nitrogens with two attached hydrogens (primary N) is 1. The minimum absolute atomic E-state index is 0.517. The van der Waals surface area contributed by atoms with Crippen LogP contribution >= 0.6 is 22.6 Å². The highest BCUT2D eigenvalue weighted by atomic mass is 127. The quantitative estimate of drug-likeness (QED) is 0.254. The van der Waals surface area contributed by atoms with Crippen LogP contribution in [0.2, 0.25) is 0 Å². The molecule has 5 nitrogen and oxygen atoms in total. The fourth-order valence-corrected chi connectivity index (χ4v) is 1.69. The average molecular weight is 395 g/mol. The van der Waals surface area contributed by atoms with Gasteiger partial charge in [-0.1, -0.05) is 22.6 Å². The van der Waals surface area contributed by atoms with Gasteiger partial charge in [0.05, 0.1) is 39.6 Å². The highest BCUT2D eigenvalue weighted by Gasteiger charge is 1.94. The Kier molecular flexibility index (Phi) is 10.7. The first kappa shape index (κ1) is 17.5. The third kappa shape index (κ3) is 9.35. The lowest BCUT2D eigenvalue weighted by atomic mass is 10.3. The Bertz CT molecular complexity index is 334. The Labute approximate surface area is 133 Å². The minimum atomic E-state index is 0.517. The number of nitrogen functional groups attached to an aromatic ring is 1. The van der Waals surface area contributed by atoms with Gasteiger partial charge in [0.1, 0.15) is 12.4 Å². The molecule has 1 aromatic carbocycles. The van der Waals surface area contributed by atoms with E-state index in [1.54, 1.807) is 0 Å². The molecule has 0 heterocycles. The molecule has 2 N–H and O–H groups in total. The molecule has 0 saturated carbocycles. The number of hydrogen-bond donors (Lipinski definition) is 1. The summed E-state index contributed by atoms with van der Waals surface area (Å²) in [7, 11) is 0. The first-order valence-corrected chi connectivity index (χ1v) is 8.13. The van der Waals surface area contributed by atoms with E-state index < -0.39 is 0 Å². The summed E-state index contributed by atoms with van der Waals surface area (Å²) in [5.74, 6) is 0.798. The van der Waals surface area contributed by atoms with E-state index in [-0.39, 0.29) is 0 Å². The number of rotatable bonds is 12. The van der Waals surface area contributed by atoms with E-state index in [2.05, 4.69) is 22.6 Å². The number of benzene rings is 1. The van der Waals surface area contributed by atoms with Crippen LogP contribution in [-0.4, -0.2) is 50.7 Å². The van der Waals surface area contributed by atoms with Crippen LogP contribution < -0.4 is 10.5 Å². The van der Waals surface area contributed by atoms with Crippen LogP contribution in [0.3, 0.4) is 0 Å². The van der Waals surface area contributed by atoms with Crippen molar-refractivity contribution in [2.24, 2.45) is 0 Å². The molecule has 0 aliphatic rings. The molecule has 0 unspecified atom stereocenters. The van der Waals surface area contributed by atoms with E-state index in [1.165, 1.54) is 0 Å². The maximum atomic E-state index is 5.58. The number of ether oxygens (including phenoxy) is 4. The molecule has 0 aromatic heterocycles. The summed E-state index contributed by atoms with van der Waals surface area (Å²) in [6.45, 7) is 4.24. The van der Waals surface area contributed by atoms with Crippen LogP contribution in [-0.2, 0) is 14.2 Å². The van der Waals surface area contributed by atoms with Crippen LogP contribution in [0.15, 0.2) is 24.3 Å². The molecule has 0 radical (unpaired) electrons. The highest BCUT2D eigenvalue weighted by molar-refractivity contribution is 14.1. The van der Waals surface area contributed by atoms with E-state index in [9.17, 15) is 0 Å². The van der Waals surface area contributed by atoms with Crippen LogP contribution in [0.4, 0.5) is 5.69 Å². The molecule has 20 heavy (non-hydrogen) atoms. The van der Waals surface area contributed by atoms with Crippen LogP contribution in [0, 0.1) is 0 Å². The molecule has 6 heteroatoms. The third-order valence-corrected chi connectivity index (χ3v) is 2.78. The van der Waals surface area contributed by atoms with Crippen molar-refractivity contribution in [3.63, 3.8) is 0 Å². The van der Waals surface area contributed by atoms with Crippen LogP contribution in [0.25, 0.3) is 0 Å². The van der Waals surface area contributed by atoms with Gasteiger partial charge in [0.15, 0.2) is 0 Å². The second-order valence-electron chi connectivity index (χ2n) is 3.94. The smallest absolute Gasteiger partial charge is 0.119 e. The van der Waals surface area contributed by atoms with Crippen molar-refractivity contribution in [2.75, 3.05) is 56.4 Å². The van der Waals surface area contributed by atoms with Crippen molar-refractivity contribution in [3.05, 3.63) is 24.3 Å². The Hall–Kier alpha value is -0.570. The SMILES string of the molecule is Nc1ccc(OCCOCCOCCOCCI)cc1. The van der Waals surface area contributed by atoms with E-state index in [1.807, 2.05) is 24.3 Å². The van der Waals surface area contributed by atoms with Gasteiger partial charge in [0, 0.05) is 10.1 Å². The highest BCUT2D eigenvalue weighted by Crippen LogP contribution is 2.12. The molecular weight excluding hydrogens is 373 g/mol. The lowest BCUT2D eigenvalue weighted by Crippen LogP contribution is -2.13. The summed E-state index contributed by atoms with van der Waals surface area (Å²) >= 11 is 2.28. The number of alkyl halides is 1. The molecule has 0 fully saturated rings. The molecule has 1 rings (SSSR count). The molecule has 0 saturated heterocycles. The standard InChI is InChI=1S/C14H22INO4/c15-5-6-17-7-8-18-9-10-19-11-12-20-14-3-1-13(16)2-4-14/h1-4H,5-12,16H2. The molecule has 0 bridgehead atoms. The van der Waals surface area contributed by atoms with Crippen molar-refractivity contribution in [3.8, 4) is 5.75 Å². The summed E-state index contributed by atoms with van der Waals surface area (Å²) < 4.78 is 22.5. The summed E-state index contributed by atoms with van der Waals surface area (Å²) in [5, 5.41) is 0. The zero-order chi connectivity index (χ0) is 14.5. The fraction of sp³-hybridized carbons (Fsp3) is 0.571. The average Bonchev–Trinajstić information content (AvgIpc) is 2.47. The maximum Gasteiger partial charge on any atom is 0.119 e. The topological polar surface area (TPSA) is 62.9 Å². The Balaban J connectivity index is 1.84. The maximum absolute atomic E-state index is 5.58. The molecule has 0 spiro atoms.